The highest BCUT2D eigenvalue weighted by Crippen LogP contribution is 2.54. The molecule has 0 atom stereocenters. The lowest BCUT2D eigenvalue weighted by Crippen LogP contribution is -2.26. The quantitative estimate of drug-likeness (QED) is 0.0641. The fourth-order valence-corrected chi connectivity index (χ4v) is 8.19. The summed E-state index contributed by atoms with van der Waals surface area (Å²) < 4.78 is 0. The number of unbranched alkanes of at least 4 members (excludes halogenated alkanes) is 2. The molecular weight excluding hydrogens is 578 g/mol. The van der Waals surface area contributed by atoms with E-state index in [4.69, 9.17) is 4.84 Å². The molecule has 0 bridgehead atoms. The molecule has 2 aliphatic rings. The molecule has 4 nitrogen and oxygen atoms in total. The van der Waals surface area contributed by atoms with Crippen molar-refractivity contribution in [2.75, 3.05) is 0 Å². The van der Waals surface area contributed by atoms with E-state index in [-0.39, 0.29) is 11.2 Å². The summed E-state index contributed by atoms with van der Waals surface area (Å²) in [5.41, 5.74) is 8.28. The first-order valence-electron chi connectivity index (χ1n) is 18.0. The fourth-order valence-electron chi connectivity index (χ4n) is 8.19. The van der Waals surface area contributed by atoms with Crippen LogP contribution in [0.5, 0.6) is 0 Å². The molecule has 0 unspecified atom stereocenters. The maximum atomic E-state index is 14.2. The van der Waals surface area contributed by atoms with Crippen LogP contribution in [0.4, 0.5) is 0 Å². The second-order valence-corrected chi connectivity index (χ2v) is 13.8. The van der Waals surface area contributed by atoms with Gasteiger partial charge in [0.05, 0.1) is 5.71 Å². The van der Waals surface area contributed by atoms with Crippen LogP contribution in [0.2, 0.25) is 0 Å². The average Bonchev–Trinajstić information content (AvgIpc) is 3.37. The molecule has 0 saturated heterocycles. The second kappa shape index (κ2) is 14.8. The number of hydrogen-bond acceptors (Lipinski definition) is 4. The van der Waals surface area contributed by atoms with Gasteiger partial charge in [-0.2, -0.15) is 0 Å². The van der Waals surface area contributed by atoms with Crippen LogP contribution in [0.15, 0.2) is 84.0 Å². The number of rotatable bonds is 13. The lowest BCUT2D eigenvalue weighted by molar-refractivity contribution is -0.140. The van der Waals surface area contributed by atoms with Crippen molar-refractivity contribution in [3.63, 3.8) is 0 Å². The van der Waals surface area contributed by atoms with Crippen molar-refractivity contribution < 1.29 is 14.4 Å². The molecule has 6 rings (SSSR count). The normalized spacial score (nSPS) is 15.8. The van der Waals surface area contributed by atoms with Gasteiger partial charge in [-0.05, 0) is 82.3 Å². The predicted octanol–water partition coefficient (Wildman–Crippen LogP) is 11.3. The number of hydrogen-bond donors (Lipinski definition) is 0. The van der Waals surface area contributed by atoms with Gasteiger partial charge in [0.15, 0.2) is 5.78 Å². The summed E-state index contributed by atoms with van der Waals surface area (Å²) in [5.74, 6) is 0.382. The molecule has 0 aromatic heterocycles. The molecule has 1 saturated carbocycles. The van der Waals surface area contributed by atoms with Crippen LogP contribution in [0.1, 0.15) is 137 Å². The van der Waals surface area contributed by atoms with Crippen molar-refractivity contribution >= 4 is 28.2 Å². The highest BCUT2D eigenvalue weighted by atomic mass is 16.7. The first-order valence-corrected chi connectivity index (χ1v) is 18.0. The van der Waals surface area contributed by atoms with Gasteiger partial charge in [0.1, 0.15) is 0 Å². The Morgan fingerprint density at radius 3 is 2.11 bits per heavy atom. The van der Waals surface area contributed by atoms with Crippen molar-refractivity contribution in [3.8, 4) is 11.1 Å². The number of carbonyl (C=O) groups is 2. The Hall–Kier alpha value is -4.05. The highest BCUT2D eigenvalue weighted by molar-refractivity contribution is 6.16. The zero-order chi connectivity index (χ0) is 32.8. The number of fused-ring (bicyclic) bond motifs is 4. The predicted molar refractivity (Wildman–Crippen MR) is 193 cm³/mol. The molecule has 4 aromatic rings. The second-order valence-electron chi connectivity index (χ2n) is 13.8. The van der Waals surface area contributed by atoms with Crippen LogP contribution in [0.25, 0.3) is 21.9 Å². The van der Waals surface area contributed by atoms with Crippen molar-refractivity contribution in [2.45, 2.75) is 110 Å². The minimum Gasteiger partial charge on any atom is -0.318 e. The van der Waals surface area contributed by atoms with Gasteiger partial charge in [0.2, 0.25) is 0 Å². The number of carbonyl (C=O) groups excluding carboxylic acids is 2. The molecule has 0 N–H and O–H groups in total. The summed E-state index contributed by atoms with van der Waals surface area (Å²) >= 11 is 0. The van der Waals surface area contributed by atoms with Gasteiger partial charge < -0.3 is 4.84 Å². The SMILES string of the molecule is CCCCC1(CCCC)c2cc(C(=O)c3cccc4ccccc34)ccc2-c2ccc(/C(CCC3CCCCC3)=N\OC(C)=O)cc21. The Morgan fingerprint density at radius 1 is 0.787 bits per heavy atom. The largest absolute Gasteiger partial charge is 0.331 e. The number of ketones is 1. The van der Waals surface area contributed by atoms with Gasteiger partial charge in [0.25, 0.3) is 0 Å². The lowest BCUT2D eigenvalue weighted by Gasteiger charge is -2.33. The van der Waals surface area contributed by atoms with Gasteiger partial charge in [-0.15, -0.1) is 0 Å². The van der Waals surface area contributed by atoms with Crippen LogP contribution in [0, 0.1) is 5.92 Å². The monoisotopic (exact) mass is 627 g/mol. The van der Waals surface area contributed by atoms with Crippen molar-refractivity contribution in [2.24, 2.45) is 11.1 Å². The van der Waals surface area contributed by atoms with Crippen LogP contribution in [-0.2, 0) is 15.0 Å². The molecule has 4 aromatic carbocycles. The summed E-state index contributed by atoms with van der Waals surface area (Å²) in [6, 6.07) is 27.3. The standard InChI is InChI=1S/C43H49NO3/c1-4-6-26-43(27-7-5-2)39-28-33(41(44-47-30(3)45)25-20-31-14-9-8-10-15-31)21-23-36(39)37-24-22-34(29-40(37)43)42(46)38-19-13-17-32-16-11-12-18-35(32)38/h11-13,16-19,21-24,28-29,31H,4-10,14-15,20,25-27H2,1-3H3/b44-41-. The fraction of sp³-hybridized carbons (Fsp3) is 0.419. The van der Waals surface area contributed by atoms with E-state index in [1.807, 2.05) is 36.4 Å². The maximum Gasteiger partial charge on any atom is 0.331 e. The Bertz CT molecular complexity index is 1760. The highest BCUT2D eigenvalue weighted by Gasteiger charge is 2.43. The molecule has 0 aliphatic heterocycles. The van der Waals surface area contributed by atoms with E-state index in [9.17, 15) is 9.59 Å². The summed E-state index contributed by atoms with van der Waals surface area (Å²) in [5, 5.41) is 6.51. The van der Waals surface area contributed by atoms with E-state index < -0.39 is 5.97 Å². The van der Waals surface area contributed by atoms with Crippen LogP contribution in [-0.4, -0.2) is 17.5 Å². The number of nitrogens with zero attached hydrogens (tertiary/aromatic N) is 1. The summed E-state index contributed by atoms with van der Waals surface area (Å²) in [6.07, 6.45) is 14.8. The van der Waals surface area contributed by atoms with Gasteiger partial charge >= 0.3 is 5.97 Å². The van der Waals surface area contributed by atoms with Crippen molar-refractivity contribution in [1.29, 1.82) is 0 Å². The van der Waals surface area contributed by atoms with E-state index in [0.717, 1.165) is 84.5 Å². The third-order valence-corrected chi connectivity index (χ3v) is 10.7. The first-order chi connectivity index (χ1) is 22.9. The summed E-state index contributed by atoms with van der Waals surface area (Å²) in [4.78, 5) is 31.3. The molecule has 47 heavy (non-hydrogen) atoms. The molecule has 0 heterocycles. The van der Waals surface area contributed by atoms with E-state index in [1.165, 1.54) is 61.3 Å². The third kappa shape index (κ3) is 6.84. The zero-order valence-corrected chi connectivity index (χ0v) is 28.4. The van der Waals surface area contributed by atoms with Gasteiger partial charge in [-0.3, -0.25) is 4.79 Å². The van der Waals surface area contributed by atoms with E-state index >= 15 is 0 Å². The minimum absolute atomic E-state index is 0.0691. The van der Waals surface area contributed by atoms with E-state index in [1.54, 1.807) is 0 Å². The van der Waals surface area contributed by atoms with E-state index in [2.05, 4.69) is 61.5 Å². The maximum absolute atomic E-state index is 14.2. The van der Waals surface area contributed by atoms with Crippen molar-refractivity contribution in [1.82, 2.24) is 0 Å². The molecular formula is C43H49NO3. The Morgan fingerprint density at radius 2 is 1.43 bits per heavy atom. The third-order valence-electron chi connectivity index (χ3n) is 10.7. The molecule has 0 radical (unpaired) electrons. The molecule has 1 fully saturated rings. The van der Waals surface area contributed by atoms with Gasteiger partial charge in [-0.25, -0.2) is 4.79 Å². The summed E-state index contributed by atoms with van der Waals surface area (Å²) in [7, 11) is 0. The Balaban J connectivity index is 1.43. The minimum atomic E-state index is -0.391. The molecule has 2 aliphatic carbocycles. The molecule has 0 amide bonds. The lowest BCUT2D eigenvalue weighted by atomic mass is 9.70. The number of benzene rings is 4. The Kier molecular flexibility index (Phi) is 10.3. The number of oxime groups is 1. The molecule has 244 valence electrons. The summed E-state index contributed by atoms with van der Waals surface area (Å²) in [6.45, 7) is 5.94. The van der Waals surface area contributed by atoms with Crippen molar-refractivity contribution in [3.05, 3.63) is 107 Å². The molecule has 4 heteroatoms. The van der Waals surface area contributed by atoms with Crippen LogP contribution in [0.3, 0.4) is 0 Å². The van der Waals surface area contributed by atoms with Crippen LogP contribution >= 0.6 is 0 Å². The Labute approximate surface area is 280 Å². The smallest absolute Gasteiger partial charge is 0.318 e. The molecule has 0 spiro atoms. The topological polar surface area (TPSA) is 55.7 Å². The van der Waals surface area contributed by atoms with Gasteiger partial charge in [0, 0.05) is 23.5 Å². The average molecular weight is 628 g/mol. The van der Waals surface area contributed by atoms with E-state index in [0.29, 0.717) is 5.92 Å². The first kappa shape index (κ1) is 32.9. The van der Waals surface area contributed by atoms with Crippen LogP contribution < -0.4 is 0 Å². The van der Waals surface area contributed by atoms with Gasteiger partial charge in [-0.1, -0.05) is 144 Å². The zero-order valence-electron chi connectivity index (χ0n) is 28.4.